The van der Waals surface area contributed by atoms with Crippen molar-refractivity contribution in [2.24, 2.45) is 0 Å². The first-order chi connectivity index (χ1) is 9.38. The van der Waals surface area contributed by atoms with E-state index in [0.717, 1.165) is 6.07 Å². The zero-order chi connectivity index (χ0) is 15.2. The van der Waals surface area contributed by atoms with Crippen molar-refractivity contribution in [3.05, 3.63) is 29.3 Å². The predicted molar refractivity (Wildman–Crippen MR) is 71.6 cm³/mol. The molecular formula is C13H16F3NO2S. The molecule has 0 heterocycles. The van der Waals surface area contributed by atoms with E-state index in [1.165, 1.54) is 24.9 Å². The molecular weight excluding hydrogens is 291 g/mol. The highest BCUT2D eigenvalue weighted by molar-refractivity contribution is 7.99. The van der Waals surface area contributed by atoms with Crippen LogP contribution in [-0.2, 0) is 22.3 Å². The molecule has 0 saturated carbocycles. The average molecular weight is 307 g/mol. The summed E-state index contributed by atoms with van der Waals surface area (Å²) in [7, 11) is 2.88. The Kier molecular flexibility index (Phi) is 6.35. The molecule has 0 spiro atoms. The average Bonchev–Trinajstić information content (AvgIpc) is 2.39. The number of nitrogens with one attached hydrogen (secondary N) is 1. The van der Waals surface area contributed by atoms with Gasteiger partial charge < -0.3 is 10.1 Å². The lowest BCUT2D eigenvalue weighted by Crippen LogP contribution is -2.14. The number of halogens is 3. The summed E-state index contributed by atoms with van der Waals surface area (Å²) in [5, 5.41) is 2.71. The van der Waals surface area contributed by atoms with Crippen LogP contribution in [0, 0.1) is 0 Å². The minimum absolute atomic E-state index is 0.155. The molecule has 0 aliphatic rings. The standard InChI is InChI=1S/C13H16F3NO2S/c1-17-8-9-3-4-10(7-11(9)13(14,15)16)20-6-5-12(18)19-2/h3-4,7,17H,5-6,8H2,1-2H3. The second-order valence-electron chi connectivity index (χ2n) is 4.02. The van der Waals surface area contributed by atoms with Crippen molar-refractivity contribution in [3.63, 3.8) is 0 Å². The number of methoxy groups -OCH3 is 1. The van der Waals surface area contributed by atoms with Gasteiger partial charge in [0.05, 0.1) is 19.1 Å². The van der Waals surface area contributed by atoms with Crippen molar-refractivity contribution >= 4 is 17.7 Å². The van der Waals surface area contributed by atoms with Crippen LogP contribution < -0.4 is 5.32 Å². The molecule has 20 heavy (non-hydrogen) atoms. The molecule has 3 nitrogen and oxygen atoms in total. The first-order valence-electron chi connectivity index (χ1n) is 5.92. The quantitative estimate of drug-likeness (QED) is 0.647. The molecule has 1 aromatic carbocycles. The van der Waals surface area contributed by atoms with E-state index in [0.29, 0.717) is 10.6 Å². The van der Waals surface area contributed by atoms with Gasteiger partial charge in [-0.3, -0.25) is 4.79 Å². The van der Waals surface area contributed by atoms with E-state index in [-0.39, 0.29) is 24.5 Å². The number of alkyl halides is 3. The van der Waals surface area contributed by atoms with Crippen molar-refractivity contribution in [1.29, 1.82) is 0 Å². The minimum Gasteiger partial charge on any atom is -0.469 e. The maximum Gasteiger partial charge on any atom is 0.416 e. The maximum absolute atomic E-state index is 12.9. The molecule has 1 aromatic rings. The van der Waals surface area contributed by atoms with Crippen LogP contribution in [0.1, 0.15) is 17.5 Å². The third-order valence-corrected chi connectivity index (χ3v) is 3.55. The first-order valence-corrected chi connectivity index (χ1v) is 6.91. The Balaban J connectivity index is 2.81. The van der Waals surface area contributed by atoms with Crippen LogP contribution in [0.2, 0.25) is 0 Å². The van der Waals surface area contributed by atoms with Crippen LogP contribution in [0.5, 0.6) is 0 Å². The Bertz CT molecular complexity index is 463. The normalized spacial score (nSPS) is 11.4. The second-order valence-corrected chi connectivity index (χ2v) is 5.19. The number of hydrogen-bond acceptors (Lipinski definition) is 4. The van der Waals surface area contributed by atoms with E-state index < -0.39 is 11.7 Å². The van der Waals surface area contributed by atoms with Crippen LogP contribution in [0.4, 0.5) is 13.2 Å². The predicted octanol–water partition coefficient (Wildman–Crippen LogP) is 3.08. The molecule has 0 aromatic heterocycles. The Hall–Kier alpha value is -1.21. The van der Waals surface area contributed by atoms with Gasteiger partial charge >= 0.3 is 12.1 Å². The van der Waals surface area contributed by atoms with Gasteiger partial charge in [0, 0.05) is 17.2 Å². The molecule has 7 heteroatoms. The summed E-state index contributed by atoms with van der Waals surface area (Å²) in [6.45, 7) is 0.155. The fourth-order valence-electron chi connectivity index (χ4n) is 1.61. The fourth-order valence-corrected chi connectivity index (χ4v) is 2.48. The van der Waals surface area contributed by atoms with Gasteiger partial charge in [-0.05, 0) is 24.7 Å². The van der Waals surface area contributed by atoms with Crippen molar-refractivity contribution in [2.75, 3.05) is 19.9 Å². The molecule has 1 N–H and O–H groups in total. The van der Waals surface area contributed by atoms with Crippen molar-refractivity contribution in [1.82, 2.24) is 5.32 Å². The first kappa shape index (κ1) is 16.8. The molecule has 0 radical (unpaired) electrons. The molecule has 0 bridgehead atoms. The zero-order valence-electron chi connectivity index (χ0n) is 11.2. The molecule has 0 saturated heterocycles. The van der Waals surface area contributed by atoms with Gasteiger partial charge in [0.1, 0.15) is 0 Å². The number of carbonyl (C=O) groups excluding carboxylic acids is 1. The van der Waals surface area contributed by atoms with Crippen molar-refractivity contribution < 1.29 is 22.7 Å². The third-order valence-electron chi connectivity index (χ3n) is 2.56. The van der Waals surface area contributed by atoms with Crippen LogP contribution in [0.25, 0.3) is 0 Å². The number of thioether (sulfide) groups is 1. The fraction of sp³-hybridized carbons (Fsp3) is 0.462. The molecule has 0 atom stereocenters. The molecule has 0 amide bonds. The number of ether oxygens (including phenoxy) is 1. The number of benzene rings is 1. The maximum atomic E-state index is 12.9. The zero-order valence-corrected chi connectivity index (χ0v) is 12.0. The van der Waals surface area contributed by atoms with Gasteiger partial charge in [0.25, 0.3) is 0 Å². The molecule has 112 valence electrons. The summed E-state index contributed by atoms with van der Waals surface area (Å²) in [5.74, 6) is 0.00959. The van der Waals surface area contributed by atoms with Gasteiger partial charge in [0.15, 0.2) is 0 Å². The monoisotopic (exact) mass is 307 g/mol. The van der Waals surface area contributed by atoms with E-state index in [9.17, 15) is 18.0 Å². The number of carbonyl (C=O) groups is 1. The molecule has 1 rings (SSSR count). The van der Waals surface area contributed by atoms with Gasteiger partial charge in [-0.1, -0.05) is 6.07 Å². The minimum atomic E-state index is -4.38. The largest absolute Gasteiger partial charge is 0.469 e. The highest BCUT2D eigenvalue weighted by atomic mass is 32.2. The Morgan fingerprint density at radius 2 is 2.10 bits per heavy atom. The highest BCUT2D eigenvalue weighted by Gasteiger charge is 2.33. The Morgan fingerprint density at radius 3 is 2.65 bits per heavy atom. The van der Waals surface area contributed by atoms with E-state index in [1.54, 1.807) is 13.1 Å². The van der Waals surface area contributed by atoms with Crippen molar-refractivity contribution in [3.8, 4) is 0 Å². The lowest BCUT2D eigenvalue weighted by atomic mass is 10.1. The SMILES string of the molecule is CNCc1ccc(SCCC(=O)OC)cc1C(F)(F)F. The summed E-state index contributed by atoms with van der Waals surface area (Å²) in [5.41, 5.74) is -0.438. The third kappa shape index (κ3) is 5.05. The van der Waals surface area contributed by atoms with Crippen LogP contribution in [0.3, 0.4) is 0 Å². The van der Waals surface area contributed by atoms with Crippen molar-refractivity contribution in [2.45, 2.75) is 24.0 Å². The van der Waals surface area contributed by atoms with Gasteiger partial charge in [-0.2, -0.15) is 13.2 Å². The Labute approximate surface area is 119 Å². The second kappa shape index (κ2) is 7.54. The summed E-state index contributed by atoms with van der Waals surface area (Å²) >= 11 is 1.20. The van der Waals surface area contributed by atoms with Crippen LogP contribution in [-0.4, -0.2) is 25.9 Å². The summed E-state index contributed by atoms with van der Waals surface area (Å²) in [6, 6.07) is 4.21. The number of esters is 1. The van der Waals surface area contributed by atoms with Gasteiger partial charge in [-0.25, -0.2) is 0 Å². The topological polar surface area (TPSA) is 38.3 Å². The molecule has 0 aliphatic heterocycles. The van der Waals surface area contributed by atoms with E-state index in [4.69, 9.17) is 0 Å². The van der Waals surface area contributed by atoms with E-state index in [2.05, 4.69) is 10.1 Å². The lowest BCUT2D eigenvalue weighted by molar-refractivity contribution is -0.140. The summed E-state index contributed by atoms with van der Waals surface area (Å²) in [6.07, 6.45) is -4.22. The summed E-state index contributed by atoms with van der Waals surface area (Å²) < 4.78 is 43.3. The van der Waals surface area contributed by atoms with Crippen LogP contribution >= 0.6 is 11.8 Å². The smallest absolute Gasteiger partial charge is 0.416 e. The van der Waals surface area contributed by atoms with E-state index in [1.807, 2.05) is 0 Å². The van der Waals surface area contributed by atoms with E-state index >= 15 is 0 Å². The number of rotatable bonds is 6. The molecule has 0 aliphatic carbocycles. The number of hydrogen-bond donors (Lipinski definition) is 1. The van der Waals surface area contributed by atoms with Gasteiger partial charge in [-0.15, -0.1) is 11.8 Å². The summed E-state index contributed by atoms with van der Waals surface area (Å²) in [4.78, 5) is 11.4. The van der Waals surface area contributed by atoms with Gasteiger partial charge in [0.2, 0.25) is 0 Å². The molecule has 0 unspecified atom stereocenters. The highest BCUT2D eigenvalue weighted by Crippen LogP contribution is 2.34. The van der Waals surface area contributed by atoms with Crippen LogP contribution in [0.15, 0.2) is 23.1 Å². The Morgan fingerprint density at radius 1 is 1.40 bits per heavy atom. The lowest BCUT2D eigenvalue weighted by Gasteiger charge is -2.14. The molecule has 0 fully saturated rings.